The van der Waals surface area contributed by atoms with Gasteiger partial charge < -0.3 is 5.43 Å². The third-order valence-corrected chi connectivity index (χ3v) is 2.81. The van der Waals surface area contributed by atoms with E-state index in [0.717, 1.165) is 13.1 Å². The van der Waals surface area contributed by atoms with Crippen molar-refractivity contribution in [1.29, 1.82) is 0 Å². The van der Waals surface area contributed by atoms with Crippen molar-refractivity contribution in [2.75, 3.05) is 18.5 Å². The summed E-state index contributed by atoms with van der Waals surface area (Å²) in [6, 6.07) is 0. The van der Waals surface area contributed by atoms with Crippen molar-refractivity contribution in [2.45, 2.75) is 19.3 Å². The second kappa shape index (κ2) is 4.63. The van der Waals surface area contributed by atoms with Crippen LogP contribution in [-0.4, -0.2) is 28.3 Å². The summed E-state index contributed by atoms with van der Waals surface area (Å²) in [6.07, 6.45) is 5.13. The lowest BCUT2D eigenvalue weighted by molar-refractivity contribution is 0.273. The van der Waals surface area contributed by atoms with Crippen LogP contribution in [0.4, 0.5) is 5.69 Å². The van der Waals surface area contributed by atoms with E-state index >= 15 is 0 Å². The molecule has 1 fully saturated rings. The smallest absolute Gasteiger partial charge is 0.285 e. The van der Waals surface area contributed by atoms with Crippen molar-refractivity contribution in [2.24, 2.45) is 0 Å². The average molecular weight is 229 g/mol. The minimum absolute atomic E-state index is 0.163. The van der Waals surface area contributed by atoms with E-state index in [1.807, 2.05) is 0 Å². The topological polar surface area (TPSA) is 61.0 Å². The van der Waals surface area contributed by atoms with Crippen molar-refractivity contribution in [3.8, 4) is 0 Å². The number of halogens is 1. The molecule has 82 valence electrons. The van der Waals surface area contributed by atoms with Crippen LogP contribution in [0.15, 0.2) is 11.0 Å². The molecule has 0 aromatic carbocycles. The fraction of sp³-hybridized carbons (Fsp3) is 0.556. The molecule has 1 saturated heterocycles. The van der Waals surface area contributed by atoms with Gasteiger partial charge in [-0.15, -0.1) is 0 Å². The van der Waals surface area contributed by atoms with E-state index in [4.69, 9.17) is 11.6 Å². The Bertz CT molecular complexity index is 386. The van der Waals surface area contributed by atoms with Crippen LogP contribution in [0.1, 0.15) is 19.3 Å². The first kappa shape index (κ1) is 10.4. The lowest BCUT2D eigenvalue weighted by Gasteiger charge is -2.27. The summed E-state index contributed by atoms with van der Waals surface area (Å²) in [5.74, 6) is 0. The van der Waals surface area contributed by atoms with Gasteiger partial charge >= 0.3 is 0 Å². The van der Waals surface area contributed by atoms with Crippen LogP contribution in [-0.2, 0) is 0 Å². The van der Waals surface area contributed by atoms with Crippen LogP contribution in [0, 0.1) is 0 Å². The number of H-pyrrole nitrogens is 1. The molecular formula is C9H13ClN4O. The van der Waals surface area contributed by atoms with Gasteiger partial charge in [-0.3, -0.25) is 4.79 Å². The van der Waals surface area contributed by atoms with E-state index in [1.165, 1.54) is 25.5 Å². The number of rotatable bonds is 2. The zero-order valence-corrected chi connectivity index (χ0v) is 9.05. The Morgan fingerprint density at radius 2 is 2.13 bits per heavy atom. The zero-order valence-electron chi connectivity index (χ0n) is 8.29. The summed E-state index contributed by atoms with van der Waals surface area (Å²) in [5, 5.41) is 8.20. The largest absolute Gasteiger partial charge is 0.316 e. The van der Waals surface area contributed by atoms with E-state index in [9.17, 15) is 4.79 Å². The minimum atomic E-state index is -0.362. The van der Waals surface area contributed by atoms with Gasteiger partial charge in [0, 0.05) is 13.1 Å². The molecule has 0 atom stereocenters. The zero-order chi connectivity index (χ0) is 10.7. The van der Waals surface area contributed by atoms with Gasteiger partial charge in [-0.05, 0) is 12.8 Å². The van der Waals surface area contributed by atoms with Gasteiger partial charge in [0.25, 0.3) is 5.56 Å². The summed E-state index contributed by atoms with van der Waals surface area (Å²) in [7, 11) is 0. The van der Waals surface area contributed by atoms with Gasteiger partial charge in [-0.1, -0.05) is 18.0 Å². The predicted molar refractivity (Wildman–Crippen MR) is 58.9 cm³/mol. The number of hydrazine groups is 1. The molecule has 0 spiro atoms. The highest BCUT2D eigenvalue weighted by Crippen LogP contribution is 2.17. The van der Waals surface area contributed by atoms with E-state index in [-0.39, 0.29) is 10.6 Å². The second-order valence-corrected chi connectivity index (χ2v) is 3.96. The highest BCUT2D eigenvalue weighted by Gasteiger charge is 2.12. The molecule has 15 heavy (non-hydrogen) atoms. The molecule has 2 rings (SSSR count). The maximum absolute atomic E-state index is 11.2. The lowest BCUT2D eigenvalue weighted by Crippen LogP contribution is -2.35. The van der Waals surface area contributed by atoms with Crippen molar-refractivity contribution in [3.63, 3.8) is 0 Å². The van der Waals surface area contributed by atoms with Gasteiger partial charge in [0.05, 0.1) is 11.9 Å². The first-order valence-corrected chi connectivity index (χ1v) is 5.40. The molecule has 0 unspecified atom stereocenters. The Morgan fingerprint density at radius 3 is 2.87 bits per heavy atom. The second-order valence-electron chi connectivity index (χ2n) is 3.59. The van der Waals surface area contributed by atoms with Gasteiger partial charge in [0.15, 0.2) is 0 Å². The predicted octanol–water partition coefficient (Wildman–Crippen LogP) is 1.24. The monoisotopic (exact) mass is 228 g/mol. The molecule has 2 N–H and O–H groups in total. The number of nitrogens with zero attached hydrogens (tertiary/aromatic N) is 2. The van der Waals surface area contributed by atoms with Gasteiger partial charge in [-0.25, -0.2) is 10.1 Å². The number of aromatic nitrogens is 2. The third kappa shape index (κ3) is 2.49. The molecule has 1 aliphatic rings. The van der Waals surface area contributed by atoms with E-state index < -0.39 is 0 Å². The van der Waals surface area contributed by atoms with Gasteiger partial charge in [0.1, 0.15) is 5.02 Å². The molecule has 6 heteroatoms. The van der Waals surface area contributed by atoms with E-state index in [1.54, 1.807) is 0 Å². The molecule has 0 bridgehead atoms. The molecular weight excluding hydrogens is 216 g/mol. The number of hydrogen-bond donors (Lipinski definition) is 2. The summed E-state index contributed by atoms with van der Waals surface area (Å²) in [4.78, 5) is 11.2. The van der Waals surface area contributed by atoms with Crippen LogP contribution in [0.3, 0.4) is 0 Å². The molecule has 5 nitrogen and oxygen atoms in total. The van der Waals surface area contributed by atoms with Crippen molar-refractivity contribution in [1.82, 2.24) is 15.2 Å². The minimum Gasteiger partial charge on any atom is -0.316 e. The molecule has 1 aliphatic heterocycles. The lowest BCUT2D eigenvalue weighted by atomic mass is 10.2. The van der Waals surface area contributed by atoms with Crippen molar-refractivity contribution >= 4 is 17.3 Å². The summed E-state index contributed by atoms with van der Waals surface area (Å²) in [5.41, 5.74) is 3.32. The van der Waals surface area contributed by atoms with Crippen LogP contribution < -0.4 is 11.0 Å². The number of piperidine rings is 1. The Morgan fingerprint density at radius 1 is 1.40 bits per heavy atom. The van der Waals surface area contributed by atoms with Crippen LogP contribution in [0.5, 0.6) is 0 Å². The SMILES string of the molecule is O=c1[nH]ncc(NN2CCCCC2)c1Cl. The highest BCUT2D eigenvalue weighted by molar-refractivity contribution is 6.32. The highest BCUT2D eigenvalue weighted by atomic mass is 35.5. The molecule has 1 aromatic heterocycles. The first-order valence-electron chi connectivity index (χ1n) is 5.02. The fourth-order valence-electron chi connectivity index (χ4n) is 1.64. The summed E-state index contributed by atoms with van der Waals surface area (Å²) < 4.78 is 0. The standard InChI is InChI=1S/C9H13ClN4O/c10-8-7(6-11-12-9(8)15)13-14-4-2-1-3-5-14/h6H,1-5H2,(H2,12,13,15). The number of aromatic amines is 1. The van der Waals surface area contributed by atoms with Crippen molar-refractivity contribution < 1.29 is 0 Å². The van der Waals surface area contributed by atoms with Gasteiger partial charge in [-0.2, -0.15) is 5.10 Å². The quantitative estimate of drug-likeness (QED) is 0.800. The first-order chi connectivity index (χ1) is 7.27. The Balaban J connectivity index is 2.09. The third-order valence-electron chi connectivity index (χ3n) is 2.43. The molecule has 0 aliphatic carbocycles. The van der Waals surface area contributed by atoms with Crippen LogP contribution >= 0.6 is 11.6 Å². The molecule has 0 amide bonds. The number of anilines is 1. The Hall–Kier alpha value is -1.07. The number of hydrogen-bond acceptors (Lipinski definition) is 4. The van der Waals surface area contributed by atoms with Crippen LogP contribution in [0.2, 0.25) is 5.02 Å². The summed E-state index contributed by atoms with van der Waals surface area (Å²) in [6.45, 7) is 1.95. The number of nitrogens with one attached hydrogen (secondary N) is 2. The van der Waals surface area contributed by atoms with E-state index in [0.29, 0.717) is 5.69 Å². The normalized spacial score (nSPS) is 17.7. The Labute approximate surface area is 92.4 Å². The van der Waals surface area contributed by atoms with E-state index in [2.05, 4.69) is 20.6 Å². The average Bonchev–Trinajstić information content (AvgIpc) is 2.26. The van der Waals surface area contributed by atoms with Crippen molar-refractivity contribution in [3.05, 3.63) is 21.6 Å². The maximum atomic E-state index is 11.2. The summed E-state index contributed by atoms with van der Waals surface area (Å²) >= 11 is 5.84. The molecule has 2 heterocycles. The maximum Gasteiger partial charge on any atom is 0.285 e. The van der Waals surface area contributed by atoms with Gasteiger partial charge in [0.2, 0.25) is 0 Å². The fourth-order valence-corrected chi connectivity index (χ4v) is 1.77. The Kier molecular flexibility index (Phi) is 3.23. The molecule has 1 aromatic rings. The molecule has 0 saturated carbocycles. The van der Waals surface area contributed by atoms with Crippen LogP contribution in [0.25, 0.3) is 0 Å². The molecule has 0 radical (unpaired) electrons.